The Morgan fingerprint density at radius 3 is 2.55 bits per heavy atom. The van der Waals surface area contributed by atoms with E-state index in [1.165, 1.54) is 0 Å². The summed E-state index contributed by atoms with van der Waals surface area (Å²) in [6.45, 7) is 1.39. The van der Waals surface area contributed by atoms with E-state index in [2.05, 4.69) is 21.0 Å². The van der Waals surface area contributed by atoms with Crippen molar-refractivity contribution in [3.05, 3.63) is 52.3 Å². The SMILES string of the molecule is CN(CC(=O)O)Cc1ccc(Cn2cc(Br)cn2)cc1. The monoisotopic (exact) mass is 337 g/mol. The van der Waals surface area contributed by atoms with Gasteiger partial charge < -0.3 is 5.11 Å². The van der Waals surface area contributed by atoms with Crippen LogP contribution in [-0.4, -0.2) is 39.3 Å². The maximum absolute atomic E-state index is 10.6. The quantitative estimate of drug-likeness (QED) is 0.877. The molecule has 0 aliphatic rings. The number of nitrogens with zero attached hydrogens (tertiary/aromatic N) is 3. The van der Waals surface area contributed by atoms with Crippen LogP contribution in [0, 0.1) is 0 Å². The maximum atomic E-state index is 10.6. The highest BCUT2D eigenvalue weighted by molar-refractivity contribution is 9.10. The molecule has 2 rings (SSSR count). The van der Waals surface area contributed by atoms with Crippen molar-refractivity contribution in [3.63, 3.8) is 0 Å². The highest BCUT2D eigenvalue weighted by Crippen LogP contribution is 2.11. The van der Waals surface area contributed by atoms with Crippen molar-refractivity contribution >= 4 is 21.9 Å². The van der Waals surface area contributed by atoms with Crippen molar-refractivity contribution in [2.75, 3.05) is 13.6 Å². The number of aromatic nitrogens is 2. The predicted molar refractivity (Wildman–Crippen MR) is 79.4 cm³/mol. The van der Waals surface area contributed by atoms with E-state index < -0.39 is 5.97 Å². The topological polar surface area (TPSA) is 58.4 Å². The van der Waals surface area contributed by atoms with Crippen LogP contribution in [0.15, 0.2) is 41.1 Å². The normalized spacial score (nSPS) is 10.9. The van der Waals surface area contributed by atoms with Gasteiger partial charge in [0.2, 0.25) is 0 Å². The minimum Gasteiger partial charge on any atom is -0.480 e. The lowest BCUT2D eigenvalue weighted by Gasteiger charge is -2.14. The Bertz CT molecular complexity index is 580. The molecule has 1 heterocycles. The third-order valence-electron chi connectivity index (χ3n) is 2.83. The van der Waals surface area contributed by atoms with Crippen molar-refractivity contribution in [1.29, 1.82) is 0 Å². The van der Waals surface area contributed by atoms with Gasteiger partial charge in [0.15, 0.2) is 0 Å². The molecule has 1 N–H and O–H groups in total. The second kappa shape index (κ2) is 6.67. The summed E-state index contributed by atoms with van der Waals surface area (Å²) in [6.07, 6.45) is 3.68. The van der Waals surface area contributed by atoms with Gasteiger partial charge in [0, 0.05) is 12.7 Å². The predicted octanol–water partition coefficient (Wildman–Crippen LogP) is 2.21. The van der Waals surface area contributed by atoms with Crippen LogP contribution in [-0.2, 0) is 17.9 Å². The summed E-state index contributed by atoms with van der Waals surface area (Å²) in [7, 11) is 1.79. The number of hydrogen-bond acceptors (Lipinski definition) is 3. The van der Waals surface area contributed by atoms with Crippen molar-refractivity contribution in [2.45, 2.75) is 13.1 Å². The zero-order chi connectivity index (χ0) is 14.5. The molecule has 0 radical (unpaired) electrons. The Hall–Kier alpha value is -1.66. The molecule has 0 aliphatic heterocycles. The largest absolute Gasteiger partial charge is 0.480 e. The minimum absolute atomic E-state index is 0.0447. The average Bonchev–Trinajstić information content (AvgIpc) is 2.76. The first-order valence-corrected chi connectivity index (χ1v) is 6.98. The van der Waals surface area contributed by atoms with Crippen molar-refractivity contribution < 1.29 is 9.90 Å². The van der Waals surface area contributed by atoms with Gasteiger partial charge in [-0.15, -0.1) is 0 Å². The fourth-order valence-electron chi connectivity index (χ4n) is 1.96. The number of carboxylic acid groups (broad SMARTS) is 1. The highest BCUT2D eigenvalue weighted by Gasteiger charge is 2.05. The highest BCUT2D eigenvalue weighted by atomic mass is 79.9. The number of aliphatic carboxylic acids is 1. The first-order valence-electron chi connectivity index (χ1n) is 6.19. The van der Waals surface area contributed by atoms with Crippen LogP contribution < -0.4 is 0 Å². The summed E-state index contributed by atoms with van der Waals surface area (Å²) in [6, 6.07) is 8.12. The second-order valence-corrected chi connectivity index (χ2v) is 5.65. The molecule has 0 fully saturated rings. The molecule has 0 bridgehead atoms. The molecule has 0 spiro atoms. The molecule has 0 amide bonds. The zero-order valence-electron chi connectivity index (χ0n) is 11.2. The summed E-state index contributed by atoms with van der Waals surface area (Å²) in [5.41, 5.74) is 2.25. The molecule has 6 heteroatoms. The van der Waals surface area contributed by atoms with Gasteiger partial charge in [-0.25, -0.2) is 0 Å². The van der Waals surface area contributed by atoms with Crippen molar-refractivity contribution in [2.24, 2.45) is 0 Å². The van der Waals surface area contributed by atoms with E-state index in [0.717, 1.165) is 22.1 Å². The van der Waals surface area contributed by atoms with Crippen LogP contribution in [0.1, 0.15) is 11.1 Å². The molecule has 0 saturated heterocycles. The summed E-state index contributed by atoms with van der Waals surface area (Å²) < 4.78 is 2.82. The van der Waals surface area contributed by atoms with Crippen LogP contribution in [0.3, 0.4) is 0 Å². The average molecular weight is 338 g/mol. The van der Waals surface area contributed by atoms with E-state index >= 15 is 0 Å². The standard InChI is InChI=1S/C14H16BrN3O2/c1-17(10-14(19)20)7-11-2-4-12(5-3-11)8-18-9-13(15)6-16-18/h2-6,9H,7-8,10H2,1H3,(H,19,20). The van der Waals surface area contributed by atoms with Crippen LogP contribution in [0.5, 0.6) is 0 Å². The van der Waals surface area contributed by atoms with Crippen LogP contribution in [0.25, 0.3) is 0 Å². The van der Waals surface area contributed by atoms with Gasteiger partial charge in [-0.2, -0.15) is 5.10 Å². The number of carboxylic acids is 1. The van der Waals surface area contributed by atoms with Crippen LogP contribution in [0.2, 0.25) is 0 Å². The first kappa shape index (κ1) is 14.7. The Morgan fingerprint density at radius 1 is 1.35 bits per heavy atom. The Kier molecular flexibility index (Phi) is 4.92. The summed E-state index contributed by atoms with van der Waals surface area (Å²) in [5.74, 6) is -0.812. The van der Waals surface area contributed by atoms with Crippen LogP contribution >= 0.6 is 15.9 Å². The maximum Gasteiger partial charge on any atom is 0.317 e. The molecule has 0 saturated carbocycles. The van der Waals surface area contributed by atoms with Crippen molar-refractivity contribution in [3.8, 4) is 0 Å². The first-order chi connectivity index (χ1) is 9.52. The molecule has 106 valence electrons. The summed E-state index contributed by atoms with van der Waals surface area (Å²) >= 11 is 3.37. The number of likely N-dealkylation sites (N-methyl/N-ethyl adjacent to an activating group) is 1. The number of benzene rings is 1. The number of halogens is 1. The van der Waals surface area contributed by atoms with Gasteiger partial charge >= 0.3 is 5.97 Å². The summed E-state index contributed by atoms with van der Waals surface area (Å²) in [5, 5.41) is 12.9. The third kappa shape index (κ3) is 4.47. The Morgan fingerprint density at radius 2 is 2.00 bits per heavy atom. The molecular formula is C14H16BrN3O2. The number of hydrogen-bond donors (Lipinski definition) is 1. The summed E-state index contributed by atoms with van der Waals surface area (Å²) in [4.78, 5) is 12.4. The smallest absolute Gasteiger partial charge is 0.317 e. The van der Waals surface area contributed by atoms with Gasteiger partial charge in [-0.05, 0) is 34.1 Å². The molecule has 0 aliphatic carbocycles. The fraction of sp³-hybridized carbons (Fsp3) is 0.286. The van der Waals surface area contributed by atoms with E-state index in [-0.39, 0.29) is 6.54 Å². The fourth-order valence-corrected chi connectivity index (χ4v) is 2.29. The molecule has 2 aromatic rings. The molecule has 0 unspecified atom stereocenters. The third-order valence-corrected chi connectivity index (χ3v) is 3.24. The molecule has 1 aromatic carbocycles. The van der Waals surface area contributed by atoms with E-state index in [1.54, 1.807) is 18.1 Å². The lowest BCUT2D eigenvalue weighted by Crippen LogP contribution is -2.25. The number of rotatable bonds is 6. The Balaban J connectivity index is 1.94. The van der Waals surface area contributed by atoms with Gasteiger partial charge in [-0.1, -0.05) is 24.3 Å². The molecule has 5 nitrogen and oxygen atoms in total. The molecule has 1 aromatic heterocycles. The van der Waals surface area contributed by atoms with Gasteiger partial charge in [0.05, 0.1) is 23.8 Å². The molecular weight excluding hydrogens is 322 g/mol. The van der Waals surface area contributed by atoms with Crippen LogP contribution in [0.4, 0.5) is 0 Å². The Labute approximate surface area is 126 Å². The van der Waals surface area contributed by atoms with E-state index in [0.29, 0.717) is 6.54 Å². The molecule has 20 heavy (non-hydrogen) atoms. The second-order valence-electron chi connectivity index (χ2n) is 4.74. The van der Waals surface area contributed by atoms with Gasteiger partial charge in [-0.3, -0.25) is 14.4 Å². The van der Waals surface area contributed by atoms with Crippen molar-refractivity contribution in [1.82, 2.24) is 14.7 Å². The molecule has 0 atom stereocenters. The lowest BCUT2D eigenvalue weighted by atomic mass is 10.1. The van der Waals surface area contributed by atoms with E-state index in [4.69, 9.17) is 5.11 Å². The van der Waals surface area contributed by atoms with E-state index in [1.807, 2.05) is 35.1 Å². The minimum atomic E-state index is -0.812. The van der Waals surface area contributed by atoms with Gasteiger partial charge in [0.25, 0.3) is 0 Å². The lowest BCUT2D eigenvalue weighted by molar-refractivity contribution is -0.138. The van der Waals surface area contributed by atoms with E-state index in [9.17, 15) is 4.79 Å². The number of carbonyl (C=O) groups is 1. The zero-order valence-corrected chi connectivity index (χ0v) is 12.7. The van der Waals surface area contributed by atoms with Gasteiger partial charge in [0.1, 0.15) is 0 Å².